The van der Waals surface area contributed by atoms with E-state index < -0.39 is 30.1 Å². The zero-order valence-corrected chi connectivity index (χ0v) is 28.1. The molecule has 51 heavy (non-hydrogen) atoms. The molecule has 3 aromatic carbocycles. The number of nitrogens with one attached hydrogen (secondary N) is 2. The van der Waals surface area contributed by atoms with Crippen LogP contribution in [0.25, 0.3) is 33.6 Å². The third-order valence-corrected chi connectivity index (χ3v) is 9.30. The van der Waals surface area contributed by atoms with Crippen LogP contribution in [0.2, 0.25) is 0 Å². The first-order valence-corrected chi connectivity index (χ1v) is 16.8. The molecule has 2 fully saturated rings. The molecular weight excluding hydrogens is 655 g/mol. The number of likely N-dealkylation sites (tertiary alicyclic amines) is 1. The van der Waals surface area contributed by atoms with Gasteiger partial charge in [0.1, 0.15) is 29.5 Å². The second kappa shape index (κ2) is 14.1. The molecule has 0 aliphatic carbocycles. The molecule has 14 heteroatoms. The van der Waals surface area contributed by atoms with Gasteiger partial charge in [0.15, 0.2) is 0 Å². The minimum atomic E-state index is -1.24. The van der Waals surface area contributed by atoms with E-state index in [0.29, 0.717) is 42.1 Å². The molecule has 7 rings (SSSR count). The number of rotatable bonds is 10. The first-order valence-electron chi connectivity index (χ1n) is 16.8. The Hall–Kier alpha value is -6.05. The number of amides is 3. The topological polar surface area (TPSA) is 159 Å². The molecule has 3 amide bonds. The highest BCUT2D eigenvalue weighted by molar-refractivity contribution is 5.90. The smallest absolute Gasteiger partial charge is 0.414 e. The van der Waals surface area contributed by atoms with E-state index in [9.17, 15) is 19.5 Å². The summed E-state index contributed by atoms with van der Waals surface area (Å²) in [6.07, 6.45) is 2.71. The molecule has 0 bridgehead atoms. The summed E-state index contributed by atoms with van der Waals surface area (Å²) in [6, 6.07) is 20.5. The van der Waals surface area contributed by atoms with E-state index in [-0.39, 0.29) is 24.4 Å². The highest BCUT2D eigenvalue weighted by Gasteiger charge is 2.37. The number of carbonyl (C=O) groups excluding carboxylic acids is 2. The number of nitrogens with zero attached hydrogens (tertiary/aromatic N) is 6. The summed E-state index contributed by atoms with van der Waals surface area (Å²) < 4.78 is 22.7. The molecule has 5 aromatic rings. The predicted molar refractivity (Wildman–Crippen MR) is 186 cm³/mol. The maximum absolute atomic E-state index is 15.5. The quantitative estimate of drug-likeness (QED) is 0.158. The number of benzene rings is 3. The lowest BCUT2D eigenvalue weighted by Crippen LogP contribution is -2.50. The SMILES string of the molecule is CC(C)[C@H](NC(=O)O)C(=O)N1CCC[C@H]1c1ncc(-c2ccc(-c3ccc(N4C[C@H](Cn5cc(-c6ccccc6)nn5)OC4=O)cc3F)cc2)[nH]1. The number of aromatic amines is 1. The number of anilines is 1. The number of halogens is 1. The molecule has 13 nitrogen and oxygen atoms in total. The van der Waals surface area contributed by atoms with Crippen LogP contribution in [-0.2, 0) is 16.1 Å². The molecule has 2 aliphatic heterocycles. The third-order valence-electron chi connectivity index (χ3n) is 9.30. The van der Waals surface area contributed by atoms with Gasteiger partial charge in [-0.2, -0.15) is 0 Å². The zero-order valence-electron chi connectivity index (χ0n) is 28.1. The van der Waals surface area contributed by atoms with E-state index in [0.717, 1.165) is 28.9 Å². The Kier molecular flexibility index (Phi) is 9.22. The van der Waals surface area contributed by atoms with Crippen molar-refractivity contribution in [2.45, 2.75) is 51.4 Å². The first-order chi connectivity index (χ1) is 24.6. The van der Waals surface area contributed by atoms with Crippen LogP contribution in [0.5, 0.6) is 0 Å². The number of aromatic nitrogens is 5. The number of cyclic esters (lactones) is 1. The van der Waals surface area contributed by atoms with E-state index >= 15 is 4.39 Å². The van der Waals surface area contributed by atoms with E-state index in [1.54, 1.807) is 48.0 Å². The lowest BCUT2D eigenvalue weighted by Gasteiger charge is -2.29. The lowest BCUT2D eigenvalue weighted by molar-refractivity contribution is -0.135. The summed E-state index contributed by atoms with van der Waals surface area (Å²) in [5.41, 5.74) is 4.65. The van der Waals surface area contributed by atoms with Crippen LogP contribution in [0.3, 0.4) is 0 Å². The van der Waals surface area contributed by atoms with Gasteiger partial charge in [-0.15, -0.1) is 5.10 Å². The summed E-state index contributed by atoms with van der Waals surface area (Å²) in [5.74, 6) is -0.333. The Labute approximate surface area is 293 Å². The van der Waals surface area contributed by atoms with E-state index in [2.05, 4.69) is 25.6 Å². The molecule has 0 radical (unpaired) electrons. The zero-order chi connectivity index (χ0) is 35.6. The molecule has 262 valence electrons. The largest absolute Gasteiger partial charge is 0.465 e. The minimum Gasteiger partial charge on any atom is -0.465 e. The fourth-order valence-electron chi connectivity index (χ4n) is 6.69. The van der Waals surface area contributed by atoms with E-state index in [4.69, 9.17) is 4.74 Å². The average Bonchev–Trinajstić information content (AvgIpc) is 3.95. The first kappa shape index (κ1) is 33.4. The fourth-order valence-corrected chi connectivity index (χ4v) is 6.69. The number of hydrogen-bond acceptors (Lipinski definition) is 7. The second-order valence-electron chi connectivity index (χ2n) is 13.1. The van der Waals surface area contributed by atoms with Crippen molar-refractivity contribution in [1.29, 1.82) is 0 Å². The maximum Gasteiger partial charge on any atom is 0.414 e. The summed E-state index contributed by atoms with van der Waals surface area (Å²) >= 11 is 0. The normalized spacial score (nSPS) is 17.9. The van der Waals surface area contributed by atoms with Gasteiger partial charge >= 0.3 is 12.2 Å². The average molecular weight is 693 g/mol. The van der Waals surface area contributed by atoms with Gasteiger partial charge in [-0.05, 0) is 48.1 Å². The summed E-state index contributed by atoms with van der Waals surface area (Å²) in [7, 11) is 0. The van der Waals surface area contributed by atoms with Gasteiger partial charge in [0.25, 0.3) is 0 Å². The molecule has 4 heterocycles. The fraction of sp³-hybridized carbons (Fsp3) is 0.297. The van der Waals surface area contributed by atoms with Gasteiger partial charge in [0.2, 0.25) is 5.91 Å². The van der Waals surface area contributed by atoms with Crippen LogP contribution in [-0.4, -0.2) is 78.3 Å². The molecular formula is C37H37FN8O5. The number of H-pyrrole nitrogens is 1. The summed E-state index contributed by atoms with van der Waals surface area (Å²) in [4.78, 5) is 48.4. The van der Waals surface area contributed by atoms with Crippen molar-refractivity contribution in [3.05, 3.63) is 96.8 Å². The van der Waals surface area contributed by atoms with Crippen molar-refractivity contribution in [1.82, 2.24) is 35.2 Å². The molecule has 0 saturated carbocycles. The molecule has 2 saturated heterocycles. The molecule has 3 atom stereocenters. The highest BCUT2D eigenvalue weighted by atomic mass is 19.1. The number of ether oxygens (including phenoxy) is 1. The van der Waals surface area contributed by atoms with Crippen LogP contribution < -0.4 is 10.2 Å². The maximum atomic E-state index is 15.5. The number of carboxylic acid groups (broad SMARTS) is 1. The molecule has 0 spiro atoms. The van der Waals surface area contributed by atoms with Crippen molar-refractivity contribution < 1.29 is 28.6 Å². The second-order valence-corrected chi connectivity index (χ2v) is 13.1. The Morgan fingerprint density at radius 1 is 1.06 bits per heavy atom. The van der Waals surface area contributed by atoms with Gasteiger partial charge in [-0.25, -0.2) is 23.6 Å². The molecule has 3 N–H and O–H groups in total. The van der Waals surface area contributed by atoms with Crippen LogP contribution in [0.4, 0.5) is 19.7 Å². The predicted octanol–water partition coefficient (Wildman–Crippen LogP) is 6.12. The summed E-state index contributed by atoms with van der Waals surface area (Å²) in [5, 5.41) is 20.0. The van der Waals surface area contributed by atoms with Crippen LogP contribution in [0.1, 0.15) is 38.6 Å². The third kappa shape index (κ3) is 7.02. The van der Waals surface area contributed by atoms with Crippen LogP contribution in [0.15, 0.2) is 85.2 Å². The van der Waals surface area contributed by atoms with Crippen LogP contribution >= 0.6 is 0 Å². The highest BCUT2D eigenvalue weighted by Crippen LogP contribution is 2.34. The Morgan fingerprint density at radius 3 is 2.55 bits per heavy atom. The minimum absolute atomic E-state index is 0.212. The summed E-state index contributed by atoms with van der Waals surface area (Å²) in [6.45, 7) is 4.68. The monoisotopic (exact) mass is 692 g/mol. The molecule has 2 aliphatic rings. The standard InChI is InChI=1S/C37H37FN8O5/c1-22(2)33(41-36(48)49)35(47)45-16-6-9-32(45)34-39-18-30(40-34)25-12-10-23(11-13-25)28-15-14-26(17-29(28)38)46-20-27(51-37(46)50)19-44-21-31(42-43-44)24-7-4-3-5-8-24/h3-5,7-8,10-15,17-18,21-22,27,32-33,41H,6,9,16,19-20H2,1-2H3,(H,39,40)(H,48,49)/t27-,32-,33-/m0/s1. The van der Waals surface area contributed by atoms with Crippen molar-refractivity contribution >= 4 is 23.8 Å². The molecule has 2 aromatic heterocycles. The number of hydrogen-bond donors (Lipinski definition) is 3. The van der Waals surface area contributed by atoms with Crippen LogP contribution in [0, 0.1) is 11.7 Å². The Balaban J connectivity index is 1.00. The Morgan fingerprint density at radius 2 is 1.82 bits per heavy atom. The van der Waals surface area contributed by atoms with Gasteiger partial charge in [0, 0.05) is 17.7 Å². The van der Waals surface area contributed by atoms with Crippen molar-refractivity contribution in [3.8, 4) is 33.6 Å². The van der Waals surface area contributed by atoms with Crippen molar-refractivity contribution in [3.63, 3.8) is 0 Å². The number of carbonyl (C=O) groups is 3. The Bertz CT molecular complexity index is 2050. The number of imidazole rings is 1. The van der Waals surface area contributed by atoms with E-state index in [1.165, 1.54) is 11.0 Å². The van der Waals surface area contributed by atoms with Gasteiger partial charge in [-0.3, -0.25) is 9.69 Å². The van der Waals surface area contributed by atoms with Crippen molar-refractivity contribution in [2.24, 2.45) is 5.92 Å². The van der Waals surface area contributed by atoms with Gasteiger partial charge < -0.3 is 25.0 Å². The van der Waals surface area contributed by atoms with E-state index in [1.807, 2.05) is 54.6 Å². The van der Waals surface area contributed by atoms with Gasteiger partial charge in [0.05, 0.1) is 42.9 Å². The van der Waals surface area contributed by atoms with Gasteiger partial charge in [-0.1, -0.05) is 73.7 Å². The molecule has 0 unspecified atom stereocenters. The lowest BCUT2D eigenvalue weighted by atomic mass is 10.0. The van der Waals surface area contributed by atoms with Crippen molar-refractivity contribution in [2.75, 3.05) is 18.0 Å².